The van der Waals surface area contributed by atoms with E-state index in [-0.39, 0.29) is 0 Å². The van der Waals surface area contributed by atoms with Gasteiger partial charge in [0.25, 0.3) is 0 Å². The zero-order chi connectivity index (χ0) is 9.97. The minimum Gasteiger partial charge on any atom is -0.355 e. The lowest BCUT2D eigenvalue weighted by Gasteiger charge is -2.30. The third-order valence-electron chi connectivity index (χ3n) is 2.71. The summed E-state index contributed by atoms with van der Waals surface area (Å²) in [5.41, 5.74) is 0. The highest BCUT2D eigenvalue weighted by Crippen LogP contribution is 2.20. The van der Waals surface area contributed by atoms with Crippen molar-refractivity contribution < 1.29 is 0 Å². The van der Waals surface area contributed by atoms with Gasteiger partial charge in [-0.2, -0.15) is 0 Å². The Balaban J connectivity index is 2.05. The van der Waals surface area contributed by atoms with Crippen molar-refractivity contribution >= 4 is 17.4 Å². The van der Waals surface area contributed by atoms with E-state index in [9.17, 15) is 0 Å². The Morgan fingerprint density at radius 3 is 2.57 bits per heavy atom. The van der Waals surface area contributed by atoms with Gasteiger partial charge in [-0.15, -0.1) is 0 Å². The molecule has 3 nitrogen and oxygen atoms in total. The molecule has 1 fully saturated rings. The SMILES string of the molecule is CC1CCN(c2cnc(Cl)cn2)CC1. The second-order valence-electron chi connectivity index (χ2n) is 3.87. The lowest BCUT2D eigenvalue weighted by Crippen LogP contribution is -2.33. The van der Waals surface area contributed by atoms with Gasteiger partial charge < -0.3 is 4.90 Å². The number of piperidine rings is 1. The fourth-order valence-corrected chi connectivity index (χ4v) is 1.80. The average molecular weight is 212 g/mol. The number of hydrogen-bond donors (Lipinski definition) is 0. The average Bonchev–Trinajstić information content (AvgIpc) is 2.21. The highest BCUT2D eigenvalue weighted by molar-refractivity contribution is 6.29. The summed E-state index contributed by atoms with van der Waals surface area (Å²) in [4.78, 5) is 10.6. The number of anilines is 1. The van der Waals surface area contributed by atoms with Crippen LogP contribution in [0.2, 0.25) is 5.15 Å². The van der Waals surface area contributed by atoms with Crippen LogP contribution in [0.3, 0.4) is 0 Å². The first-order valence-corrected chi connectivity index (χ1v) is 5.36. The molecule has 1 aliphatic rings. The largest absolute Gasteiger partial charge is 0.355 e. The van der Waals surface area contributed by atoms with Crippen LogP contribution < -0.4 is 4.90 Å². The first-order chi connectivity index (χ1) is 6.75. The molecule has 14 heavy (non-hydrogen) atoms. The lowest BCUT2D eigenvalue weighted by molar-refractivity contribution is 0.436. The van der Waals surface area contributed by atoms with Gasteiger partial charge in [-0.3, -0.25) is 0 Å². The maximum atomic E-state index is 5.68. The molecule has 0 aromatic carbocycles. The third-order valence-corrected chi connectivity index (χ3v) is 2.91. The Hall–Kier alpha value is -0.830. The molecule has 0 radical (unpaired) electrons. The van der Waals surface area contributed by atoms with E-state index in [2.05, 4.69) is 21.8 Å². The molecular weight excluding hydrogens is 198 g/mol. The van der Waals surface area contributed by atoms with E-state index in [1.54, 1.807) is 12.4 Å². The van der Waals surface area contributed by atoms with Crippen molar-refractivity contribution in [2.75, 3.05) is 18.0 Å². The Morgan fingerprint density at radius 1 is 1.29 bits per heavy atom. The molecule has 0 saturated carbocycles. The number of nitrogens with zero attached hydrogens (tertiary/aromatic N) is 3. The first-order valence-electron chi connectivity index (χ1n) is 4.98. The van der Waals surface area contributed by atoms with Gasteiger partial charge in [-0.05, 0) is 18.8 Å². The second-order valence-corrected chi connectivity index (χ2v) is 4.25. The lowest BCUT2D eigenvalue weighted by atomic mass is 9.99. The van der Waals surface area contributed by atoms with E-state index in [0.29, 0.717) is 5.15 Å². The molecule has 2 rings (SSSR count). The standard InChI is InChI=1S/C10H14ClN3/c1-8-2-4-14(5-3-8)10-7-12-9(11)6-13-10/h6-8H,2-5H2,1H3. The maximum absolute atomic E-state index is 5.68. The Labute approximate surface area is 89.1 Å². The van der Waals surface area contributed by atoms with Crippen molar-refractivity contribution in [2.45, 2.75) is 19.8 Å². The molecule has 76 valence electrons. The summed E-state index contributed by atoms with van der Waals surface area (Å²) in [7, 11) is 0. The van der Waals surface area contributed by atoms with E-state index >= 15 is 0 Å². The molecule has 1 aromatic rings. The molecule has 2 heterocycles. The topological polar surface area (TPSA) is 29.0 Å². The Kier molecular flexibility index (Phi) is 2.87. The van der Waals surface area contributed by atoms with Crippen LogP contribution in [0.15, 0.2) is 12.4 Å². The molecule has 0 unspecified atom stereocenters. The molecule has 4 heteroatoms. The van der Waals surface area contributed by atoms with E-state index < -0.39 is 0 Å². The highest BCUT2D eigenvalue weighted by Gasteiger charge is 2.16. The minimum absolute atomic E-state index is 0.458. The minimum atomic E-state index is 0.458. The van der Waals surface area contributed by atoms with Crippen LogP contribution >= 0.6 is 11.6 Å². The summed E-state index contributed by atoms with van der Waals surface area (Å²) < 4.78 is 0. The number of halogens is 1. The Bertz CT molecular complexity index is 291. The zero-order valence-electron chi connectivity index (χ0n) is 8.28. The van der Waals surface area contributed by atoms with Crippen molar-refractivity contribution in [3.05, 3.63) is 17.5 Å². The van der Waals surface area contributed by atoms with Crippen LogP contribution in [0.5, 0.6) is 0 Å². The first kappa shape index (κ1) is 9.71. The van der Waals surface area contributed by atoms with Gasteiger partial charge in [-0.1, -0.05) is 18.5 Å². The van der Waals surface area contributed by atoms with Crippen molar-refractivity contribution in [1.82, 2.24) is 9.97 Å². The predicted octanol–water partition coefficient (Wildman–Crippen LogP) is 2.37. The summed E-state index contributed by atoms with van der Waals surface area (Å²) in [6.07, 6.45) is 5.84. The zero-order valence-corrected chi connectivity index (χ0v) is 9.04. The number of aromatic nitrogens is 2. The Morgan fingerprint density at radius 2 is 2.00 bits per heavy atom. The van der Waals surface area contributed by atoms with Crippen LogP contribution in [-0.2, 0) is 0 Å². The van der Waals surface area contributed by atoms with Gasteiger partial charge in [-0.25, -0.2) is 9.97 Å². The fraction of sp³-hybridized carbons (Fsp3) is 0.600. The monoisotopic (exact) mass is 211 g/mol. The summed E-state index contributed by atoms with van der Waals surface area (Å²) in [6, 6.07) is 0. The van der Waals surface area contributed by atoms with E-state index in [1.807, 2.05) is 0 Å². The van der Waals surface area contributed by atoms with Crippen LogP contribution in [0.25, 0.3) is 0 Å². The molecule has 1 saturated heterocycles. The molecule has 0 atom stereocenters. The van der Waals surface area contributed by atoms with Gasteiger partial charge in [0.05, 0.1) is 12.4 Å². The van der Waals surface area contributed by atoms with Gasteiger partial charge in [0, 0.05) is 13.1 Å². The van der Waals surface area contributed by atoms with Crippen LogP contribution in [-0.4, -0.2) is 23.1 Å². The summed E-state index contributed by atoms with van der Waals surface area (Å²) in [5.74, 6) is 1.79. The predicted molar refractivity (Wildman–Crippen MR) is 57.7 cm³/mol. The number of rotatable bonds is 1. The quantitative estimate of drug-likeness (QED) is 0.714. The molecule has 1 aliphatic heterocycles. The summed E-state index contributed by atoms with van der Waals surface area (Å²) >= 11 is 5.68. The molecule has 0 bridgehead atoms. The normalized spacial score (nSPS) is 18.6. The van der Waals surface area contributed by atoms with Crippen LogP contribution in [0, 0.1) is 5.92 Å². The van der Waals surface area contributed by atoms with Crippen molar-refractivity contribution in [3.63, 3.8) is 0 Å². The van der Waals surface area contributed by atoms with Crippen molar-refractivity contribution in [1.29, 1.82) is 0 Å². The van der Waals surface area contributed by atoms with Crippen LogP contribution in [0.1, 0.15) is 19.8 Å². The fourth-order valence-electron chi connectivity index (χ4n) is 1.71. The molecule has 1 aromatic heterocycles. The van der Waals surface area contributed by atoms with Gasteiger partial charge in [0.15, 0.2) is 0 Å². The van der Waals surface area contributed by atoms with Crippen molar-refractivity contribution in [2.24, 2.45) is 5.92 Å². The van der Waals surface area contributed by atoms with Crippen LogP contribution in [0.4, 0.5) is 5.82 Å². The smallest absolute Gasteiger partial charge is 0.147 e. The molecule has 0 spiro atoms. The van der Waals surface area contributed by atoms with E-state index in [0.717, 1.165) is 24.8 Å². The van der Waals surface area contributed by atoms with Gasteiger partial charge in [0.2, 0.25) is 0 Å². The van der Waals surface area contributed by atoms with E-state index in [4.69, 9.17) is 11.6 Å². The molecular formula is C10H14ClN3. The summed E-state index contributed by atoms with van der Waals surface area (Å²) in [5, 5.41) is 0.458. The van der Waals surface area contributed by atoms with Crippen molar-refractivity contribution in [3.8, 4) is 0 Å². The summed E-state index contributed by atoms with van der Waals surface area (Å²) in [6.45, 7) is 4.46. The van der Waals surface area contributed by atoms with Gasteiger partial charge >= 0.3 is 0 Å². The maximum Gasteiger partial charge on any atom is 0.147 e. The number of hydrogen-bond acceptors (Lipinski definition) is 3. The van der Waals surface area contributed by atoms with Gasteiger partial charge in [0.1, 0.15) is 11.0 Å². The molecule has 0 N–H and O–H groups in total. The highest BCUT2D eigenvalue weighted by atomic mass is 35.5. The third kappa shape index (κ3) is 2.15. The second kappa shape index (κ2) is 4.13. The molecule has 0 aliphatic carbocycles. The van der Waals surface area contributed by atoms with E-state index in [1.165, 1.54) is 12.8 Å². The molecule has 0 amide bonds.